The topological polar surface area (TPSA) is 74.0 Å². The fourth-order valence-corrected chi connectivity index (χ4v) is 2.43. The molecule has 0 saturated carbocycles. The Balaban J connectivity index is 1.68. The maximum absolute atomic E-state index is 13.3. The Hall–Kier alpha value is -2.28. The minimum atomic E-state index is -0.421. The van der Waals surface area contributed by atoms with Crippen molar-refractivity contribution in [2.75, 3.05) is 5.75 Å². The van der Waals surface area contributed by atoms with Gasteiger partial charge in [-0.3, -0.25) is 20.4 Å². The second-order valence-electron chi connectivity index (χ2n) is 4.11. The molecule has 0 atom stereocenters. The molecule has 0 aliphatic rings. The molecular weight excluding hydrogens is 293 g/mol. The lowest BCUT2D eigenvalue weighted by Gasteiger charge is -2.06. The van der Waals surface area contributed by atoms with Crippen LogP contribution in [-0.4, -0.2) is 22.6 Å². The van der Waals surface area contributed by atoms with Crippen molar-refractivity contribution >= 4 is 23.6 Å². The van der Waals surface area contributed by atoms with E-state index in [2.05, 4.69) is 15.8 Å². The first-order valence-corrected chi connectivity index (χ1v) is 7.25. The van der Waals surface area contributed by atoms with Crippen molar-refractivity contribution < 1.29 is 14.0 Å². The van der Waals surface area contributed by atoms with Crippen LogP contribution >= 0.6 is 11.8 Å². The molecule has 2 amide bonds. The summed E-state index contributed by atoms with van der Waals surface area (Å²) < 4.78 is 13.3. The number of carbonyl (C=O) groups excluding carboxylic acids is 2. The average Bonchev–Trinajstić information content (AvgIpc) is 3.01. The Labute approximate surface area is 125 Å². The zero-order valence-corrected chi connectivity index (χ0v) is 11.9. The highest BCUT2D eigenvalue weighted by molar-refractivity contribution is 7.99. The molecule has 2 rings (SSSR count). The van der Waals surface area contributed by atoms with Gasteiger partial charge in [0.15, 0.2) is 0 Å². The molecule has 1 aromatic carbocycles. The minimum absolute atomic E-state index is 0.171. The third kappa shape index (κ3) is 4.64. The van der Waals surface area contributed by atoms with Gasteiger partial charge < -0.3 is 4.98 Å². The van der Waals surface area contributed by atoms with Gasteiger partial charge in [-0.2, -0.15) is 0 Å². The minimum Gasteiger partial charge on any atom is -0.357 e. The second kappa shape index (κ2) is 7.49. The largest absolute Gasteiger partial charge is 0.357 e. The fraction of sp³-hybridized carbons (Fsp3) is 0.143. The third-order valence-corrected chi connectivity index (χ3v) is 3.63. The van der Waals surface area contributed by atoms with E-state index in [1.807, 2.05) is 0 Å². The Morgan fingerprint density at radius 3 is 2.67 bits per heavy atom. The first-order valence-electron chi connectivity index (χ1n) is 6.26. The zero-order valence-electron chi connectivity index (χ0n) is 11.1. The summed E-state index contributed by atoms with van der Waals surface area (Å²) in [5.74, 6) is -0.637. The van der Waals surface area contributed by atoms with Gasteiger partial charge in [-0.1, -0.05) is 12.1 Å². The molecule has 2 aromatic rings. The number of hydrogen-bond acceptors (Lipinski definition) is 3. The summed E-state index contributed by atoms with van der Waals surface area (Å²) in [6.07, 6.45) is 1.78. The number of halogens is 1. The third-order valence-electron chi connectivity index (χ3n) is 2.58. The predicted molar refractivity (Wildman–Crippen MR) is 78.1 cm³/mol. The van der Waals surface area contributed by atoms with Gasteiger partial charge in [0, 0.05) is 23.3 Å². The van der Waals surface area contributed by atoms with Crippen LogP contribution in [0.2, 0.25) is 0 Å². The number of amides is 2. The van der Waals surface area contributed by atoms with Gasteiger partial charge in [-0.25, -0.2) is 4.39 Å². The molecule has 5 nitrogen and oxygen atoms in total. The zero-order chi connectivity index (χ0) is 15.1. The van der Waals surface area contributed by atoms with Gasteiger partial charge in [0.25, 0.3) is 5.91 Å². The highest BCUT2D eigenvalue weighted by Crippen LogP contribution is 2.21. The van der Waals surface area contributed by atoms with Crippen LogP contribution in [0.4, 0.5) is 4.39 Å². The van der Waals surface area contributed by atoms with Crippen LogP contribution in [0.5, 0.6) is 0 Å². The van der Waals surface area contributed by atoms with Crippen LogP contribution in [-0.2, 0) is 4.79 Å². The summed E-state index contributed by atoms with van der Waals surface area (Å²) >= 11 is 1.25. The normalized spacial score (nSPS) is 10.1. The fourth-order valence-electron chi connectivity index (χ4n) is 1.54. The highest BCUT2D eigenvalue weighted by atomic mass is 32.2. The van der Waals surface area contributed by atoms with Crippen LogP contribution in [0.1, 0.15) is 16.9 Å². The van der Waals surface area contributed by atoms with E-state index >= 15 is 0 Å². The maximum Gasteiger partial charge on any atom is 0.286 e. The number of nitrogens with one attached hydrogen (secondary N) is 3. The SMILES string of the molecule is O=C(CCSc1ccccc1F)NNC(=O)c1ccc[nH]1. The van der Waals surface area contributed by atoms with E-state index in [0.717, 1.165) is 0 Å². The Bertz CT molecular complexity index is 616. The van der Waals surface area contributed by atoms with E-state index in [1.165, 1.54) is 17.8 Å². The van der Waals surface area contributed by atoms with Gasteiger partial charge >= 0.3 is 0 Å². The lowest BCUT2D eigenvalue weighted by molar-refractivity contribution is -0.121. The van der Waals surface area contributed by atoms with E-state index in [4.69, 9.17) is 0 Å². The first-order chi connectivity index (χ1) is 10.2. The van der Waals surface area contributed by atoms with Gasteiger partial charge in [0.05, 0.1) is 0 Å². The summed E-state index contributed by atoms with van der Waals surface area (Å²) in [5, 5.41) is 0. The van der Waals surface area contributed by atoms with Gasteiger partial charge in [0.1, 0.15) is 11.5 Å². The molecule has 0 unspecified atom stereocenters. The quantitative estimate of drug-likeness (QED) is 0.585. The van der Waals surface area contributed by atoms with E-state index < -0.39 is 5.91 Å². The van der Waals surface area contributed by atoms with Crippen molar-refractivity contribution in [1.82, 2.24) is 15.8 Å². The molecule has 110 valence electrons. The van der Waals surface area contributed by atoms with Crippen molar-refractivity contribution in [3.8, 4) is 0 Å². The number of aromatic nitrogens is 1. The molecule has 0 aliphatic heterocycles. The molecule has 1 aromatic heterocycles. The molecule has 0 saturated heterocycles. The monoisotopic (exact) mass is 307 g/mol. The van der Waals surface area contributed by atoms with E-state index in [0.29, 0.717) is 16.3 Å². The summed E-state index contributed by atoms with van der Waals surface area (Å²) in [7, 11) is 0. The van der Waals surface area contributed by atoms with Gasteiger partial charge in [-0.05, 0) is 24.3 Å². The van der Waals surface area contributed by atoms with Crippen molar-refractivity contribution in [3.05, 3.63) is 54.1 Å². The summed E-state index contributed by atoms with van der Waals surface area (Å²) in [6, 6.07) is 9.66. The molecule has 0 spiro atoms. The summed E-state index contributed by atoms with van der Waals surface area (Å²) in [6.45, 7) is 0. The summed E-state index contributed by atoms with van der Waals surface area (Å²) in [5.41, 5.74) is 4.96. The molecule has 0 fully saturated rings. The van der Waals surface area contributed by atoms with E-state index in [-0.39, 0.29) is 18.1 Å². The number of thioether (sulfide) groups is 1. The number of hydrazine groups is 1. The molecular formula is C14H14FN3O2S. The number of H-pyrrole nitrogens is 1. The number of hydrogen-bond donors (Lipinski definition) is 3. The summed E-state index contributed by atoms with van der Waals surface area (Å²) in [4.78, 5) is 26.3. The predicted octanol–water partition coefficient (Wildman–Crippen LogP) is 2.10. The molecule has 0 radical (unpaired) electrons. The van der Waals surface area contributed by atoms with E-state index in [1.54, 1.807) is 36.5 Å². The Kier molecular flexibility index (Phi) is 5.39. The Morgan fingerprint density at radius 2 is 1.95 bits per heavy atom. The van der Waals surface area contributed by atoms with Crippen molar-refractivity contribution in [2.24, 2.45) is 0 Å². The van der Waals surface area contributed by atoms with Crippen LogP contribution in [0.3, 0.4) is 0 Å². The molecule has 0 bridgehead atoms. The number of rotatable bonds is 5. The van der Waals surface area contributed by atoms with E-state index in [9.17, 15) is 14.0 Å². The smallest absolute Gasteiger partial charge is 0.286 e. The highest BCUT2D eigenvalue weighted by Gasteiger charge is 2.08. The number of carbonyl (C=O) groups is 2. The molecule has 7 heteroatoms. The van der Waals surface area contributed by atoms with Crippen molar-refractivity contribution in [3.63, 3.8) is 0 Å². The molecule has 1 heterocycles. The second-order valence-corrected chi connectivity index (χ2v) is 5.25. The van der Waals surface area contributed by atoms with Crippen LogP contribution in [0.15, 0.2) is 47.5 Å². The molecule has 0 aliphatic carbocycles. The van der Waals surface area contributed by atoms with Crippen molar-refractivity contribution in [1.29, 1.82) is 0 Å². The van der Waals surface area contributed by atoms with Crippen molar-refractivity contribution in [2.45, 2.75) is 11.3 Å². The number of benzene rings is 1. The van der Waals surface area contributed by atoms with Gasteiger partial charge in [-0.15, -0.1) is 11.8 Å². The lowest BCUT2D eigenvalue weighted by Crippen LogP contribution is -2.41. The first kappa shape index (κ1) is 15.1. The standard InChI is InChI=1S/C14H14FN3O2S/c15-10-4-1-2-6-12(10)21-9-7-13(19)17-18-14(20)11-5-3-8-16-11/h1-6,8,16H,7,9H2,(H,17,19)(H,18,20). The molecule has 3 N–H and O–H groups in total. The molecule has 21 heavy (non-hydrogen) atoms. The number of aromatic amines is 1. The average molecular weight is 307 g/mol. The maximum atomic E-state index is 13.3. The van der Waals surface area contributed by atoms with Crippen LogP contribution in [0, 0.1) is 5.82 Å². The van der Waals surface area contributed by atoms with Crippen LogP contribution in [0.25, 0.3) is 0 Å². The lowest BCUT2D eigenvalue weighted by atomic mass is 10.3. The Morgan fingerprint density at radius 1 is 1.14 bits per heavy atom. The van der Waals surface area contributed by atoms with Gasteiger partial charge in [0.2, 0.25) is 5.91 Å². The van der Waals surface area contributed by atoms with Crippen LogP contribution < -0.4 is 10.9 Å².